The number of halogens is 1. The van der Waals surface area contributed by atoms with E-state index in [1.165, 1.54) is 5.56 Å². The van der Waals surface area contributed by atoms with E-state index in [0.29, 0.717) is 11.6 Å². The average Bonchev–Trinajstić information content (AvgIpc) is 2.73. The van der Waals surface area contributed by atoms with Gasteiger partial charge < -0.3 is 10.1 Å². The van der Waals surface area contributed by atoms with Gasteiger partial charge in [0.15, 0.2) is 0 Å². The summed E-state index contributed by atoms with van der Waals surface area (Å²) in [4.78, 5) is 16.0. The van der Waals surface area contributed by atoms with Crippen molar-refractivity contribution in [2.75, 3.05) is 26.3 Å². The molecule has 0 saturated carbocycles. The van der Waals surface area contributed by atoms with Gasteiger partial charge in [-0.15, -0.1) is 11.8 Å². The molecule has 2 aromatic rings. The zero-order valence-electron chi connectivity index (χ0n) is 16.2. The Labute approximate surface area is 176 Å². The maximum atomic E-state index is 12.6. The van der Waals surface area contributed by atoms with Gasteiger partial charge in [-0.05, 0) is 41.8 Å². The lowest BCUT2D eigenvalue weighted by Gasteiger charge is -2.26. The third-order valence-electron chi connectivity index (χ3n) is 4.75. The molecule has 0 radical (unpaired) electrons. The molecule has 1 amide bonds. The van der Waals surface area contributed by atoms with E-state index in [-0.39, 0.29) is 11.2 Å². The monoisotopic (exact) mass is 418 g/mol. The highest BCUT2D eigenvalue weighted by atomic mass is 35.5. The van der Waals surface area contributed by atoms with Crippen LogP contribution in [0, 0.1) is 0 Å². The Morgan fingerprint density at radius 3 is 2.39 bits per heavy atom. The van der Waals surface area contributed by atoms with E-state index in [9.17, 15) is 4.79 Å². The normalized spacial score (nSPS) is 15.9. The molecule has 2 aromatic carbocycles. The second-order valence-corrected chi connectivity index (χ2v) is 8.60. The third-order valence-corrected chi connectivity index (χ3v) is 6.38. The van der Waals surface area contributed by atoms with Crippen LogP contribution < -0.4 is 5.32 Å². The van der Waals surface area contributed by atoms with Gasteiger partial charge in [-0.25, -0.2) is 0 Å². The Bertz CT molecular complexity index is 746. The molecule has 0 spiro atoms. The van der Waals surface area contributed by atoms with E-state index >= 15 is 0 Å². The number of ether oxygens (including phenoxy) is 1. The highest BCUT2D eigenvalue weighted by Crippen LogP contribution is 2.26. The van der Waals surface area contributed by atoms with E-state index in [1.54, 1.807) is 11.8 Å². The molecule has 0 unspecified atom stereocenters. The lowest BCUT2D eigenvalue weighted by atomic mass is 10.1. The first-order valence-corrected chi connectivity index (χ1v) is 11.0. The van der Waals surface area contributed by atoms with Gasteiger partial charge in [0.1, 0.15) is 0 Å². The smallest absolute Gasteiger partial charge is 0.233 e. The molecule has 6 heteroatoms. The van der Waals surface area contributed by atoms with Crippen LogP contribution >= 0.6 is 23.4 Å². The van der Waals surface area contributed by atoms with Crippen molar-refractivity contribution in [3.63, 3.8) is 0 Å². The number of hydrogen-bond donors (Lipinski definition) is 1. The second kappa shape index (κ2) is 10.9. The minimum Gasteiger partial charge on any atom is -0.379 e. The number of thioether (sulfide) groups is 1. The summed E-state index contributed by atoms with van der Waals surface area (Å²) in [7, 11) is 0. The summed E-state index contributed by atoms with van der Waals surface area (Å²) in [6.07, 6.45) is 0.775. The van der Waals surface area contributed by atoms with Crippen molar-refractivity contribution in [2.45, 2.75) is 36.6 Å². The second-order valence-electron chi connectivity index (χ2n) is 6.89. The maximum Gasteiger partial charge on any atom is 0.233 e. The number of rotatable bonds is 8. The molecular formula is C22H27ClN2O2S. The summed E-state index contributed by atoms with van der Waals surface area (Å²) in [6.45, 7) is 7.14. The fourth-order valence-electron chi connectivity index (χ4n) is 3.08. The molecule has 1 atom stereocenters. The summed E-state index contributed by atoms with van der Waals surface area (Å²) in [6, 6.07) is 16.1. The van der Waals surface area contributed by atoms with Crippen molar-refractivity contribution in [1.29, 1.82) is 0 Å². The van der Waals surface area contributed by atoms with Crippen LogP contribution in [0.3, 0.4) is 0 Å². The molecule has 1 aliphatic heterocycles. The molecule has 1 N–H and O–H groups in total. The first-order valence-electron chi connectivity index (χ1n) is 9.72. The van der Waals surface area contributed by atoms with Crippen LogP contribution in [-0.2, 0) is 22.6 Å². The predicted molar refractivity (Wildman–Crippen MR) is 116 cm³/mol. The quantitative estimate of drug-likeness (QED) is 0.647. The van der Waals surface area contributed by atoms with Crippen molar-refractivity contribution >= 4 is 29.3 Å². The van der Waals surface area contributed by atoms with Gasteiger partial charge >= 0.3 is 0 Å². The highest BCUT2D eigenvalue weighted by molar-refractivity contribution is 8.00. The number of nitrogens with zero attached hydrogens (tertiary/aromatic N) is 1. The van der Waals surface area contributed by atoms with Crippen molar-refractivity contribution in [3.8, 4) is 0 Å². The van der Waals surface area contributed by atoms with Gasteiger partial charge in [-0.1, -0.05) is 42.8 Å². The standard InChI is InChI=1S/C22H27ClN2O2S/c1-2-21(28-20-9-7-19(23)8-10-20)22(26)24-15-17-3-5-18(6-4-17)16-25-11-13-27-14-12-25/h3-10,21H,2,11-16H2,1H3,(H,24,26)/t21-/m1/s1. The Kier molecular flexibility index (Phi) is 8.22. The van der Waals surface area contributed by atoms with Gasteiger partial charge in [0, 0.05) is 36.1 Å². The fraction of sp³-hybridized carbons (Fsp3) is 0.409. The number of carbonyl (C=O) groups excluding carboxylic acids is 1. The molecule has 0 bridgehead atoms. The Balaban J connectivity index is 1.47. The number of hydrogen-bond acceptors (Lipinski definition) is 4. The maximum absolute atomic E-state index is 12.6. The molecule has 1 fully saturated rings. The summed E-state index contributed by atoms with van der Waals surface area (Å²) in [5.41, 5.74) is 2.41. The molecule has 4 nitrogen and oxygen atoms in total. The molecule has 0 aromatic heterocycles. The van der Waals surface area contributed by atoms with Crippen LogP contribution in [0.4, 0.5) is 0 Å². The number of nitrogens with one attached hydrogen (secondary N) is 1. The molecular weight excluding hydrogens is 392 g/mol. The van der Waals surface area contributed by atoms with E-state index in [1.807, 2.05) is 31.2 Å². The van der Waals surface area contributed by atoms with Gasteiger partial charge in [-0.3, -0.25) is 9.69 Å². The largest absolute Gasteiger partial charge is 0.379 e. The number of morpholine rings is 1. The Hall–Kier alpha value is -1.53. The van der Waals surface area contributed by atoms with Crippen molar-refractivity contribution in [3.05, 3.63) is 64.7 Å². The van der Waals surface area contributed by atoms with Gasteiger partial charge in [0.2, 0.25) is 5.91 Å². The SMILES string of the molecule is CC[C@@H](Sc1ccc(Cl)cc1)C(=O)NCc1ccc(CN2CCOCC2)cc1. The van der Waals surface area contributed by atoms with Crippen LogP contribution in [0.1, 0.15) is 24.5 Å². The lowest BCUT2D eigenvalue weighted by Crippen LogP contribution is -2.35. The van der Waals surface area contributed by atoms with Crippen LogP contribution in [0.25, 0.3) is 0 Å². The van der Waals surface area contributed by atoms with Crippen molar-refractivity contribution in [2.24, 2.45) is 0 Å². The minimum atomic E-state index is -0.109. The van der Waals surface area contributed by atoms with Crippen molar-refractivity contribution in [1.82, 2.24) is 10.2 Å². The molecule has 1 aliphatic rings. The first-order chi connectivity index (χ1) is 13.6. The zero-order valence-corrected chi connectivity index (χ0v) is 17.8. The average molecular weight is 419 g/mol. The first kappa shape index (κ1) is 21.2. The fourth-order valence-corrected chi connectivity index (χ4v) is 4.19. The van der Waals surface area contributed by atoms with E-state index in [2.05, 4.69) is 34.5 Å². The molecule has 150 valence electrons. The topological polar surface area (TPSA) is 41.6 Å². The Morgan fingerprint density at radius 2 is 1.75 bits per heavy atom. The van der Waals surface area contributed by atoms with Crippen molar-refractivity contribution < 1.29 is 9.53 Å². The van der Waals surface area contributed by atoms with Gasteiger partial charge in [-0.2, -0.15) is 0 Å². The number of benzene rings is 2. The van der Waals surface area contributed by atoms with E-state index in [0.717, 1.165) is 49.7 Å². The number of amides is 1. The zero-order chi connectivity index (χ0) is 19.8. The van der Waals surface area contributed by atoms with Crippen LogP contribution in [0.15, 0.2) is 53.4 Å². The Morgan fingerprint density at radius 1 is 1.11 bits per heavy atom. The number of carbonyl (C=O) groups is 1. The molecule has 1 saturated heterocycles. The van der Waals surface area contributed by atoms with Crippen LogP contribution in [0.2, 0.25) is 5.02 Å². The van der Waals surface area contributed by atoms with Crippen LogP contribution in [0.5, 0.6) is 0 Å². The molecule has 28 heavy (non-hydrogen) atoms. The van der Waals surface area contributed by atoms with Crippen LogP contribution in [-0.4, -0.2) is 42.4 Å². The summed E-state index contributed by atoms with van der Waals surface area (Å²) < 4.78 is 5.39. The predicted octanol–water partition coefficient (Wildman–Crippen LogP) is 4.36. The summed E-state index contributed by atoms with van der Waals surface area (Å²) in [5.74, 6) is 0.0693. The third kappa shape index (κ3) is 6.52. The minimum absolute atomic E-state index is 0.0693. The van der Waals surface area contributed by atoms with Gasteiger partial charge in [0.25, 0.3) is 0 Å². The van der Waals surface area contributed by atoms with E-state index in [4.69, 9.17) is 16.3 Å². The summed E-state index contributed by atoms with van der Waals surface area (Å²) >= 11 is 7.51. The lowest BCUT2D eigenvalue weighted by molar-refractivity contribution is -0.120. The van der Waals surface area contributed by atoms with E-state index < -0.39 is 0 Å². The van der Waals surface area contributed by atoms with Gasteiger partial charge in [0.05, 0.1) is 18.5 Å². The molecule has 1 heterocycles. The summed E-state index contributed by atoms with van der Waals surface area (Å²) in [5, 5.41) is 3.67. The highest BCUT2D eigenvalue weighted by Gasteiger charge is 2.17. The molecule has 3 rings (SSSR count). The molecule has 0 aliphatic carbocycles.